The molecule has 18 heavy (non-hydrogen) atoms. The monoisotopic (exact) mass is 333 g/mol. The predicted octanol–water partition coefficient (Wildman–Crippen LogP) is 3.65. The summed E-state index contributed by atoms with van der Waals surface area (Å²) in [6, 6.07) is 5.17. The van der Waals surface area contributed by atoms with Gasteiger partial charge in [-0.2, -0.15) is 0 Å². The lowest BCUT2D eigenvalue weighted by Gasteiger charge is -2.06. The quantitative estimate of drug-likeness (QED) is 0.773. The molecule has 1 aromatic rings. The summed E-state index contributed by atoms with van der Waals surface area (Å²) in [5.41, 5.74) is 0.575. The molecule has 100 valence electrons. The van der Waals surface area contributed by atoms with E-state index in [9.17, 15) is 4.79 Å². The molecular formula is C13H17BrClNO2. The van der Waals surface area contributed by atoms with Crippen molar-refractivity contribution in [2.75, 3.05) is 20.3 Å². The number of unbranched alkanes of at least 4 members (excludes halogenated alkanes) is 2. The van der Waals surface area contributed by atoms with Crippen LogP contribution in [-0.2, 0) is 4.74 Å². The zero-order valence-corrected chi connectivity index (χ0v) is 12.7. The van der Waals surface area contributed by atoms with Gasteiger partial charge in [0, 0.05) is 35.3 Å². The Bertz CT molecular complexity index is 378. The van der Waals surface area contributed by atoms with E-state index in [1.165, 1.54) is 0 Å². The van der Waals surface area contributed by atoms with Crippen LogP contribution in [0.15, 0.2) is 22.7 Å². The van der Waals surface area contributed by atoms with Gasteiger partial charge in [0.15, 0.2) is 0 Å². The van der Waals surface area contributed by atoms with Crippen LogP contribution in [0.1, 0.15) is 29.6 Å². The topological polar surface area (TPSA) is 38.3 Å². The Kier molecular flexibility index (Phi) is 7.32. The first kappa shape index (κ1) is 15.5. The van der Waals surface area contributed by atoms with E-state index in [0.29, 0.717) is 17.1 Å². The van der Waals surface area contributed by atoms with E-state index < -0.39 is 0 Å². The Morgan fingerprint density at radius 1 is 1.33 bits per heavy atom. The van der Waals surface area contributed by atoms with Crippen molar-refractivity contribution in [2.24, 2.45) is 0 Å². The predicted molar refractivity (Wildman–Crippen MR) is 77.2 cm³/mol. The maximum atomic E-state index is 11.8. The normalized spacial score (nSPS) is 10.4. The molecule has 3 nitrogen and oxygen atoms in total. The number of carbonyl (C=O) groups excluding carboxylic acids is 1. The largest absolute Gasteiger partial charge is 0.385 e. The standard InChI is InChI=1S/C13H17BrClNO2/c1-18-6-4-2-3-5-16-13(17)10-7-11(14)9-12(15)8-10/h7-9H,2-6H2,1H3,(H,16,17). The third-order valence-electron chi connectivity index (χ3n) is 2.44. The second-order valence-corrected chi connectivity index (χ2v) is 5.32. The van der Waals surface area contributed by atoms with Gasteiger partial charge < -0.3 is 10.1 Å². The van der Waals surface area contributed by atoms with Gasteiger partial charge >= 0.3 is 0 Å². The van der Waals surface area contributed by atoms with Crippen molar-refractivity contribution >= 4 is 33.4 Å². The zero-order chi connectivity index (χ0) is 13.4. The number of hydrogen-bond donors (Lipinski definition) is 1. The molecule has 0 saturated heterocycles. The van der Waals surface area contributed by atoms with E-state index in [-0.39, 0.29) is 5.91 Å². The van der Waals surface area contributed by atoms with Crippen LogP contribution in [0, 0.1) is 0 Å². The average Bonchev–Trinajstić information content (AvgIpc) is 2.32. The summed E-state index contributed by atoms with van der Waals surface area (Å²) in [6.45, 7) is 1.45. The molecule has 5 heteroatoms. The minimum Gasteiger partial charge on any atom is -0.385 e. The molecule has 0 aromatic heterocycles. The number of rotatable bonds is 7. The molecule has 0 aliphatic heterocycles. The summed E-state index contributed by atoms with van der Waals surface area (Å²) >= 11 is 9.20. The zero-order valence-electron chi connectivity index (χ0n) is 10.3. The van der Waals surface area contributed by atoms with Crippen LogP contribution in [0.2, 0.25) is 5.02 Å². The Morgan fingerprint density at radius 2 is 2.11 bits per heavy atom. The molecular weight excluding hydrogens is 318 g/mol. The highest BCUT2D eigenvalue weighted by atomic mass is 79.9. The van der Waals surface area contributed by atoms with Crippen LogP contribution in [0.5, 0.6) is 0 Å². The second kappa shape index (κ2) is 8.51. The molecule has 0 aliphatic rings. The second-order valence-electron chi connectivity index (χ2n) is 3.97. The molecule has 1 aromatic carbocycles. The molecule has 0 spiro atoms. The third kappa shape index (κ3) is 5.85. The van der Waals surface area contributed by atoms with Gasteiger partial charge in [-0.3, -0.25) is 4.79 Å². The van der Waals surface area contributed by atoms with Gasteiger partial charge in [-0.15, -0.1) is 0 Å². The van der Waals surface area contributed by atoms with E-state index in [4.69, 9.17) is 16.3 Å². The molecule has 1 amide bonds. The molecule has 1 rings (SSSR count). The van der Waals surface area contributed by atoms with Crippen LogP contribution in [-0.4, -0.2) is 26.2 Å². The first-order valence-electron chi connectivity index (χ1n) is 5.86. The number of amides is 1. The smallest absolute Gasteiger partial charge is 0.251 e. The third-order valence-corrected chi connectivity index (χ3v) is 3.11. The summed E-state index contributed by atoms with van der Waals surface area (Å²) in [5, 5.41) is 3.42. The fourth-order valence-electron chi connectivity index (χ4n) is 1.54. The molecule has 0 aliphatic carbocycles. The van der Waals surface area contributed by atoms with Crippen molar-refractivity contribution < 1.29 is 9.53 Å². The van der Waals surface area contributed by atoms with Crippen molar-refractivity contribution in [3.63, 3.8) is 0 Å². The van der Waals surface area contributed by atoms with Crippen molar-refractivity contribution in [2.45, 2.75) is 19.3 Å². The molecule has 0 atom stereocenters. The SMILES string of the molecule is COCCCCCNC(=O)c1cc(Cl)cc(Br)c1. The lowest BCUT2D eigenvalue weighted by molar-refractivity contribution is 0.0952. The van der Waals surface area contributed by atoms with Gasteiger partial charge in [-0.05, 0) is 37.5 Å². The van der Waals surface area contributed by atoms with Gasteiger partial charge in [-0.25, -0.2) is 0 Å². The molecule has 0 bridgehead atoms. The van der Waals surface area contributed by atoms with Crippen LogP contribution < -0.4 is 5.32 Å². The fourth-order valence-corrected chi connectivity index (χ4v) is 2.40. The van der Waals surface area contributed by atoms with E-state index in [2.05, 4.69) is 21.2 Å². The molecule has 0 fully saturated rings. The van der Waals surface area contributed by atoms with Crippen molar-refractivity contribution in [3.05, 3.63) is 33.3 Å². The van der Waals surface area contributed by atoms with Gasteiger partial charge in [0.25, 0.3) is 5.91 Å². The lowest BCUT2D eigenvalue weighted by Crippen LogP contribution is -2.24. The Hall–Kier alpha value is -0.580. The summed E-state index contributed by atoms with van der Waals surface area (Å²) in [4.78, 5) is 11.8. The number of methoxy groups -OCH3 is 1. The van der Waals surface area contributed by atoms with E-state index in [1.807, 2.05) is 0 Å². The number of ether oxygens (including phenoxy) is 1. The van der Waals surface area contributed by atoms with Gasteiger partial charge in [-0.1, -0.05) is 27.5 Å². The van der Waals surface area contributed by atoms with E-state index in [1.54, 1.807) is 25.3 Å². The molecule has 0 radical (unpaired) electrons. The van der Waals surface area contributed by atoms with Gasteiger partial charge in [0.2, 0.25) is 0 Å². The maximum Gasteiger partial charge on any atom is 0.251 e. The molecule has 1 N–H and O–H groups in total. The van der Waals surface area contributed by atoms with Crippen LogP contribution in [0.25, 0.3) is 0 Å². The summed E-state index contributed by atoms with van der Waals surface area (Å²) < 4.78 is 5.76. The molecule has 0 unspecified atom stereocenters. The Morgan fingerprint density at radius 3 is 2.78 bits per heavy atom. The minimum atomic E-state index is -0.0926. The van der Waals surface area contributed by atoms with Crippen molar-refractivity contribution in [1.29, 1.82) is 0 Å². The van der Waals surface area contributed by atoms with Gasteiger partial charge in [0.1, 0.15) is 0 Å². The summed E-state index contributed by atoms with van der Waals surface area (Å²) in [6.07, 6.45) is 3.03. The molecule has 0 saturated carbocycles. The fraction of sp³-hybridized carbons (Fsp3) is 0.462. The van der Waals surface area contributed by atoms with Crippen LogP contribution in [0.4, 0.5) is 0 Å². The number of halogens is 2. The average molecular weight is 335 g/mol. The number of hydrogen-bond acceptors (Lipinski definition) is 2. The Balaban J connectivity index is 2.32. The lowest BCUT2D eigenvalue weighted by atomic mass is 10.2. The maximum absolute atomic E-state index is 11.8. The highest BCUT2D eigenvalue weighted by Gasteiger charge is 2.06. The first-order valence-corrected chi connectivity index (χ1v) is 7.04. The van der Waals surface area contributed by atoms with Crippen LogP contribution >= 0.6 is 27.5 Å². The minimum absolute atomic E-state index is 0.0926. The number of benzene rings is 1. The number of nitrogens with one attached hydrogen (secondary N) is 1. The van der Waals surface area contributed by atoms with Crippen LogP contribution in [0.3, 0.4) is 0 Å². The first-order chi connectivity index (χ1) is 8.63. The van der Waals surface area contributed by atoms with Gasteiger partial charge in [0.05, 0.1) is 0 Å². The summed E-state index contributed by atoms with van der Waals surface area (Å²) in [5.74, 6) is -0.0926. The number of carbonyl (C=O) groups is 1. The van der Waals surface area contributed by atoms with Crippen molar-refractivity contribution in [1.82, 2.24) is 5.32 Å². The summed E-state index contributed by atoms with van der Waals surface area (Å²) in [7, 11) is 1.69. The highest BCUT2D eigenvalue weighted by molar-refractivity contribution is 9.10. The Labute approximate surface area is 121 Å². The van der Waals surface area contributed by atoms with Crippen molar-refractivity contribution in [3.8, 4) is 0 Å². The van der Waals surface area contributed by atoms with E-state index >= 15 is 0 Å². The van der Waals surface area contributed by atoms with E-state index in [0.717, 1.165) is 30.3 Å². The molecule has 0 heterocycles. The highest BCUT2D eigenvalue weighted by Crippen LogP contribution is 2.19.